The van der Waals surface area contributed by atoms with Crippen molar-refractivity contribution in [2.45, 2.75) is 32.4 Å². The van der Waals surface area contributed by atoms with Crippen molar-refractivity contribution in [2.75, 3.05) is 0 Å². The maximum atomic E-state index is 11.7. The van der Waals surface area contributed by atoms with Crippen LogP contribution < -0.4 is 0 Å². The molecule has 1 unspecified atom stereocenters. The molecule has 1 aliphatic rings. The van der Waals surface area contributed by atoms with E-state index < -0.39 is 0 Å². The van der Waals surface area contributed by atoms with Gasteiger partial charge in [-0.25, -0.2) is 0 Å². The first kappa shape index (κ1) is 10.9. The van der Waals surface area contributed by atoms with Crippen molar-refractivity contribution < 1.29 is 9.59 Å². The molecule has 3 heteroatoms. The standard InChI is InChI=1S/C13H15NO2/c1-10-12(15)7-8-13(16)14(10)9-11-5-3-2-4-6-11/h2-6,10H,7-9H2,1H3. The largest absolute Gasteiger partial charge is 0.329 e. The van der Waals surface area contributed by atoms with E-state index in [9.17, 15) is 9.59 Å². The Morgan fingerprint density at radius 2 is 1.88 bits per heavy atom. The Morgan fingerprint density at radius 1 is 1.19 bits per heavy atom. The van der Waals surface area contributed by atoms with Gasteiger partial charge < -0.3 is 4.90 Å². The molecular weight excluding hydrogens is 202 g/mol. The molecule has 0 bridgehead atoms. The zero-order valence-electron chi connectivity index (χ0n) is 9.35. The van der Waals surface area contributed by atoms with E-state index in [-0.39, 0.29) is 17.7 Å². The first-order chi connectivity index (χ1) is 7.68. The number of amides is 1. The normalized spacial score (nSPS) is 21.3. The van der Waals surface area contributed by atoms with E-state index in [1.807, 2.05) is 37.3 Å². The van der Waals surface area contributed by atoms with Crippen LogP contribution in [0.1, 0.15) is 25.3 Å². The summed E-state index contributed by atoms with van der Waals surface area (Å²) >= 11 is 0. The first-order valence-electron chi connectivity index (χ1n) is 5.54. The highest BCUT2D eigenvalue weighted by Crippen LogP contribution is 2.17. The summed E-state index contributed by atoms with van der Waals surface area (Å²) in [6.07, 6.45) is 0.751. The monoisotopic (exact) mass is 217 g/mol. The number of hydrogen-bond donors (Lipinski definition) is 0. The molecular formula is C13H15NO2. The molecule has 1 saturated heterocycles. The maximum absolute atomic E-state index is 11.7. The smallest absolute Gasteiger partial charge is 0.223 e. The van der Waals surface area contributed by atoms with Crippen molar-refractivity contribution in [1.82, 2.24) is 4.90 Å². The Hall–Kier alpha value is -1.64. The van der Waals surface area contributed by atoms with Gasteiger partial charge in [-0.2, -0.15) is 0 Å². The molecule has 1 aromatic rings. The molecule has 0 saturated carbocycles. The Balaban J connectivity index is 2.13. The number of hydrogen-bond acceptors (Lipinski definition) is 2. The van der Waals surface area contributed by atoms with Crippen molar-refractivity contribution in [1.29, 1.82) is 0 Å². The summed E-state index contributed by atoms with van der Waals surface area (Å²) in [6, 6.07) is 9.49. The molecule has 1 amide bonds. The van der Waals surface area contributed by atoms with Crippen molar-refractivity contribution >= 4 is 11.7 Å². The van der Waals surface area contributed by atoms with E-state index in [0.717, 1.165) is 5.56 Å². The molecule has 3 nitrogen and oxygen atoms in total. The lowest BCUT2D eigenvalue weighted by Crippen LogP contribution is -2.46. The zero-order valence-corrected chi connectivity index (χ0v) is 9.35. The molecule has 0 N–H and O–H groups in total. The molecule has 2 rings (SSSR count). The van der Waals surface area contributed by atoms with E-state index >= 15 is 0 Å². The van der Waals surface area contributed by atoms with Gasteiger partial charge >= 0.3 is 0 Å². The lowest BCUT2D eigenvalue weighted by atomic mass is 10.0. The molecule has 0 spiro atoms. The highest BCUT2D eigenvalue weighted by molar-refractivity contribution is 5.95. The number of carbonyl (C=O) groups excluding carboxylic acids is 2. The van der Waals surface area contributed by atoms with E-state index in [2.05, 4.69) is 0 Å². The van der Waals surface area contributed by atoms with Gasteiger partial charge in [-0.05, 0) is 12.5 Å². The average molecular weight is 217 g/mol. The number of rotatable bonds is 2. The van der Waals surface area contributed by atoms with E-state index in [1.165, 1.54) is 0 Å². The molecule has 84 valence electrons. The summed E-state index contributed by atoms with van der Waals surface area (Å²) in [5.41, 5.74) is 1.07. The van der Waals surface area contributed by atoms with Gasteiger partial charge in [0.15, 0.2) is 5.78 Å². The Kier molecular flexibility index (Phi) is 3.04. The first-order valence-corrected chi connectivity index (χ1v) is 5.54. The second-order valence-corrected chi connectivity index (χ2v) is 4.15. The number of ketones is 1. The van der Waals surface area contributed by atoms with Gasteiger partial charge in [0.1, 0.15) is 0 Å². The number of carbonyl (C=O) groups is 2. The molecule has 1 aliphatic heterocycles. The molecule has 0 aliphatic carbocycles. The van der Waals surface area contributed by atoms with Gasteiger partial charge in [-0.1, -0.05) is 30.3 Å². The van der Waals surface area contributed by atoms with Crippen LogP contribution in [0.2, 0.25) is 0 Å². The van der Waals surface area contributed by atoms with Crippen LogP contribution in [0.25, 0.3) is 0 Å². The minimum absolute atomic E-state index is 0.0796. The minimum Gasteiger partial charge on any atom is -0.329 e. The van der Waals surface area contributed by atoms with Crippen LogP contribution in [0.5, 0.6) is 0 Å². The number of benzene rings is 1. The van der Waals surface area contributed by atoms with Crippen LogP contribution in [0.15, 0.2) is 30.3 Å². The van der Waals surface area contributed by atoms with Crippen molar-refractivity contribution in [3.63, 3.8) is 0 Å². The van der Waals surface area contributed by atoms with Gasteiger partial charge in [-0.15, -0.1) is 0 Å². The quantitative estimate of drug-likeness (QED) is 0.757. The van der Waals surface area contributed by atoms with Crippen LogP contribution >= 0.6 is 0 Å². The third kappa shape index (κ3) is 2.13. The molecule has 1 fully saturated rings. The topological polar surface area (TPSA) is 37.4 Å². The third-order valence-corrected chi connectivity index (χ3v) is 3.03. The van der Waals surface area contributed by atoms with Gasteiger partial charge in [0.25, 0.3) is 0 Å². The van der Waals surface area contributed by atoms with Gasteiger partial charge in [0, 0.05) is 19.4 Å². The van der Waals surface area contributed by atoms with Crippen molar-refractivity contribution in [3.8, 4) is 0 Å². The van der Waals surface area contributed by atoms with Crippen LogP contribution in [0, 0.1) is 0 Å². The average Bonchev–Trinajstić information content (AvgIpc) is 2.31. The highest BCUT2D eigenvalue weighted by Gasteiger charge is 2.30. The highest BCUT2D eigenvalue weighted by atomic mass is 16.2. The predicted molar refractivity (Wildman–Crippen MR) is 60.7 cm³/mol. The van der Waals surface area contributed by atoms with Crippen LogP contribution in [-0.4, -0.2) is 22.6 Å². The molecule has 1 atom stereocenters. The van der Waals surface area contributed by atoms with Gasteiger partial charge in [0.2, 0.25) is 5.91 Å². The zero-order chi connectivity index (χ0) is 11.5. The summed E-state index contributed by atoms with van der Waals surface area (Å²) in [7, 11) is 0. The molecule has 0 radical (unpaired) electrons. The Bertz CT molecular complexity index is 400. The summed E-state index contributed by atoms with van der Waals surface area (Å²) in [5.74, 6) is 0.242. The van der Waals surface area contributed by atoms with E-state index in [4.69, 9.17) is 0 Å². The van der Waals surface area contributed by atoms with Crippen LogP contribution in [0.4, 0.5) is 0 Å². The predicted octanol–water partition coefficient (Wildman–Crippen LogP) is 1.77. The van der Waals surface area contributed by atoms with Crippen LogP contribution in [0.3, 0.4) is 0 Å². The van der Waals surface area contributed by atoms with Gasteiger partial charge in [0.05, 0.1) is 6.04 Å². The van der Waals surface area contributed by atoms with Gasteiger partial charge in [-0.3, -0.25) is 9.59 Å². The molecule has 0 aromatic heterocycles. The number of likely N-dealkylation sites (tertiary alicyclic amines) is 1. The molecule has 16 heavy (non-hydrogen) atoms. The lowest BCUT2D eigenvalue weighted by molar-refractivity contribution is -0.145. The number of nitrogens with zero attached hydrogens (tertiary/aromatic N) is 1. The summed E-state index contributed by atoms with van der Waals surface area (Å²) in [4.78, 5) is 24.9. The number of Topliss-reactive ketones (excluding diaryl/α,β-unsaturated/α-hetero) is 1. The summed E-state index contributed by atoms with van der Waals surface area (Å²) in [6.45, 7) is 2.34. The second kappa shape index (κ2) is 4.47. The SMILES string of the molecule is CC1C(=O)CCC(=O)N1Cc1ccccc1. The minimum atomic E-state index is -0.276. The fraction of sp³-hybridized carbons (Fsp3) is 0.385. The second-order valence-electron chi connectivity index (χ2n) is 4.15. The molecule has 1 aromatic carbocycles. The Morgan fingerprint density at radius 3 is 2.56 bits per heavy atom. The van der Waals surface area contributed by atoms with Crippen molar-refractivity contribution in [3.05, 3.63) is 35.9 Å². The van der Waals surface area contributed by atoms with Crippen LogP contribution in [-0.2, 0) is 16.1 Å². The summed E-state index contributed by atoms with van der Waals surface area (Å²) < 4.78 is 0. The van der Waals surface area contributed by atoms with E-state index in [1.54, 1.807) is 4.90 Å². The maximum Gasteiger partial charge on any atom is 0.223 e. The summed E-state index contributed by atoms with van der Waals surface area (Å²) in [5, 5.41) is 0. The molecule has 1 heterocycles. The number of piperidine rings is 1. The third-order valence-electron chi connectivity index (χ3n) is 3.03. The Labute approximate surface area is 95.1 Å². The lowest BCUT2D eigenvalue weighted by Gasteiger charge is -2.32. The van der Waals surface area contributed by atoms with E-state index in [0.29, 0.717) is 19.4 Å². The fourth-order valence-electron chi connectivity index (χ4n) is 1.98. The van der Waals surface area contributed by atoms with Crippen molar-refractivity contribution in [2.24, 2.45) is 0 Å². The fourth-order valence-corrected chi connectivity index (χ4v) is 1.98.